The molecular formula is C15H21NO2. The number of anilines is 1. The molecule has 1 fully saturated rings. The SMILES string of the molecule is CC1(C)CCCC1Nc1ccc2c(c1)OCCO2. The molecule has 1 aliphatic carbocycles. The Labute approximate surface area is 108 Å². The van der Waals surface area contributed by atoms with Crippen LogP contribution in [0.4, 0.5) is 5.69 Å². The van der Waals surface area contributed by atoms with E-state index in [0.29, 0.717) is 24.7 Å². The van der Waals surface area contributed by atoms with E-state index in [2.05, 4.69) is 31.3 Å². The summed E-state index contributed by atoms with van der Waals surface area (Å²) < 4.78 is 11.2. The first-order valence-corrected chi connectivity index (χ1v) is 6.81. The minimum atomic E-state index is 0.382. The monoisotopic (exact) mass is 247 g/mol. The van der Waals surface area contributed by atoms with E-state index in [4.69, 9.17) is 9.47 Å². The van der Waals surface area contributed by atoms with Crippen LogP contribution >= 0.6 is 0 Å². The summed E-state index contributed by atoms with van der Waals surface area (Å²) >= 11 is 0. The lowest BCUT2D eigenvalue weighted by atomic mass is 9.87. The summed E-state index contributed by atoms with van der Waals surface area (Å²) in [6.07, 6.45) is 3.87. The molecule has 1 aromatic carbocycles. The highest BCUT2D eigenvalue weighted by Crippen LogP contribution is 2.40. The predicted octanol–water partition coefficient (Wildman–Crippen LogP) is 3.45. The Bertz CT molecular complexity index is 442. The number of fused-ring (bicyclic) bond motifs is 1. The first-order chi connectivity index (χ1) is 8.65. The Balaban J connectivity index is 1.77. The smallest absolute Gasteiger partial charge is 0.163 e. The summed E-state index contributed by atoms with van der Waals surface area (Å²) in [6.45, 7) is 5.98. The van der Waals surface area contributed by atoms with Gasteiger partial charge in [-0.15, -0.1) is 0 Å². The number of nitrogens with one attached hydrogen (secondary N) is 1. The molecule has 0 amide bonds. The Morgan fingerprint density at radius 1 is 1.17 bits per heavy atom. The summed E-state index contributed by atoms with van der Waals surface area (Å²) in [7, 11) is 0. The molecule has 1 N–H and O–H groups in total. The predicted molar refractivity (Wildman–Crippen MR) is 72.5 cm³/mol. The molecule has 0 saturated heterocycles. The first-order valence-electron chi connectivity index (χ1n) is 6.81. The van der Waals surface area contributed by atoms with Crippen molar-refractivity contribution in [3.05, 3.63) is 18.2 Å². The van der Waals surface area contributed by atoms with Crippen molar-refractivity contribution >= 4 is 5.69 Å². The highest BCUT2D eigenvalue weighted by Gasteiger charge is 2.34. The van der Waals surface area contributed by atoms with E-state index in [0.717, 1.165) is 17.2 Å². The molecule has 3 heteroatoms. The average molecular weight is 247 g/mol. The summed E-state index contributed by atoms with van der Waals surface area (Å²) in [5.74, 6) is 1.72. The van der Waals surface area contributed by atoms with Crippen LogP contribution in [0.5, 0.6) is 11.5 Å². The van der Waals surface area contributed by atoms with E-state index in [-0.39, 0.29) is 0 Å². The normalized spacial score (nSPS) is 24.9. The number of hydrogen-bond acceptors (Lipinski definition) is 3. The molecule has 2 aliphatic rings. The number of ether oxygens (including phenoxy) is 2. The summed E-state index contributed by atoms with van der Waals surface area (Å²) in [6, 6.07) is 6.70. The van der Waals surface area contributed by atoms with Gasteiger partial charge in [-0.05, 0) is 30.4 Å². The van der Waals surface area contributed by atoms with Crippen LogP contribution in [0.15, 0.2) is 18.2 Å². The lowest BCUT2D eigenvalue weighted by Crippen LogP contribution is -2.30. The number of benzene rings is 1. The molecule has 0 spiro atoms. The fourth-order valence-corrected chi connectivity index (χ4v) is 2.93. The first kappa shape index (κ1) is 11.7. The van der Waals surface area contributed by atoms with Gasteiger partial charge in [0, 0.05) is 17.8 Å². The fraction of sp³-hybridized carbons (Fsp3) is 0.600. The van der Waals surface area contributed by atoms with Crippen LogP contribution in [-0.2, 0) is 0 Å². The van der Waals surface area contributed by atoms with E-state index in [1.807, 2.05) is 6.07 Å². The van der Waals surface area contributed by atoms with Gasteiger partial charge < -0.3 is 14.8 Å². The Morgan fingerprint density at radius 2 is 1.94 bits per heavy atom. The van der Waals surface area contributed by atoms with Crippen molar-refractivity contribution in [2.24, 2.45) is 5.41 Å². The Kier molecular flexibility index (Phi) is 2.84. The van der Waals surface area contributed by atoms with Crippen LogP contribution in [0.25, 0.3) is 0 Å². The zero-order valence-corrected chi connectivity index (χ0v) is 11.2. The van der Waals surface area contributed by atoms with E-state index in [9.17, 15) is 0 Å². The molecule has 98 valence electrons. The maximum atomic E-state index is 5.62. The quantitative estimate of drug-likeness (QED) is 0.868. The molecule has 3 nitrogen and oxygen atoms in total. The molecule has 1 heterocycles. The average Bonchev–Trinajstić information content (AvgIpc) is 2.69. The van der Waals surface area contributed by atoms with Crippen LogP contribution in [0.2, 0.25) is 0 Å². The summed E-state index contributed by atoms with van der Waals surface area (Å²) in [5, 5.41) is 3.65. The van der Waals surface area contributed by atoms with E-state index in [1.54, 1.807) is 0 Å². The molecule has 1 unspecified atom stereocenters. The maximum absolute atomic E-state index is 5.62. The van der Waals surface area contributed by atoms with Gasteiger partial charge in [-0.1, -0.05) is 20.3 Å². The van der Waals surface area contributed by atoms with Crippen molar-refractivity contribution in [2.45, 2.75) is 39.2 Å². The van der Waals surface area contributed by atoms with Crippen molar-refractivity contribution in [1.82, 2.24) is 0 Å². The number of hydrogen-bond donors (Lipinski definition) is 1. The van der Waals surface area contributed by atoms with Gasteiger partial charge in [-0.25, -0.2) is 0 Å². The van der Waals surface area contributed by atoms with Crippen molar-refractivity contribution in [2.75, 3.05) is 18.5 Å². The Hall–Kier alpha value is -1.38. The van der Waals surface area contributed by atoms with Gasteiger partial charge >= 0.3 is 0 Å². The standard InChI is InChI=1S/C15H21NO2/c1-15(2)7-3-4-14(15)16-11-5-6-12-13(10-11)18-9-8-17-12/h5-6,10,14,16H,3-4,7-9H2,1-2H3. The molecule has 1 saturated carbocycles. The van der Waals surface area contributed by atoms with E-state index < -0.39 is 0 Å². The lowest BCUT2D eigenvalue weighted by Gasteiger charge is -2.29. The molecule has 0 radical (unpaired) electrons. The highest BCUT2D eigenvalue weighted by atomic mass is 16.6. The summed E-state index contributed by atoms with van der Waals surface area (Å²) in [4.78, 5) is 0. The van der Waals surface area contributed by atoms with Crippen LogP contribution in [0.1, 0.15) is 33.1 Å². The van der Waals surface area contributed by atoms with Crippen LogP contribution < -0.4 is 14.8 Å². The zero-order valence-electron chi connectivity index (χ0n) is 11.2. The Morgan fingerprint density at radius 3 is 2.67 bits per heavy atom. The molecular weight excluding hydrogens is 226 g/mol. The van der Waals surface area contributed by atoms with Crippen molar-refractivity contribution in [3.8, 4) is 11.5 Å². The molecule has 3 rings (SSSR count). The van der Waals surface area contributed by atoms with Crippen LogP contribution in [0.3, 0.4) is 0 Å². The maximum Gasteiger partial charge on any atom is 0.163 e. The molecule has 0 bridgehead atoms. The minimum Gasteiger partial charge on any atom is -0.486 e. The van der Waals surface area contributed by atoms with Crippen LogP contribution in [-0.4, -0.2) is 19.3 Å². The minimum absolute atomic E-state index is 0.382. The van der Waals surface area contributed by atoms with Gasteiger partial charge in [0.05, 0.1) is 0 Å². The van der Waals surface area contributed by atoms with Crippen LogP contribution in [0, 0.1) is 5.41 Å². The third kappa shape index (κ3) is 2.14. The second-order valence-corrected chi connectivity index (χ2v) is 5.94. The molecule has 1 atom stereocenters. The van der Waals surface area contributed by atoms with Gasteiger partial charge in [0.1, 0.15) is 13.2 Å². The van der Waals surface area contributed by atoms with Gasteiger partial charge in [0.2, 0.25) is 0 Å². The van der Waals surface area contributed by atoms with Gasteiger partial charge in [0.25, 0.3) is 0 Å². The second kappa shape index (κ2) is 4.38. The molecule has 1 aromatic rings. The molecule has 18 heavy (non-hydrogen) atoms. The zero-order chi connectivity index (χ0) is 12.6. The van der Waals surface area contributed by atoms with Gasteiger partial charge in [-0.3, -0.25) is 0 Å². The van der Waals surface area contributed by atoms with Gasteiger partial charge in [0.15, 0.2) is 11.5 Å². The van der Waals surface area contributed by atoms with Gasteiger partial charge in [-0.2, -0.15) is 0 Å². The van der Waals surface area contributed by atoms with E-state index in [1.165, 1.54) is 19.3 Å². The lowest BCUT2D eigenvalue weighted by molar-refractivity contribution is 0.171. The van der Waals surface area contributed by atoms with Crippen molar-refractivity contribution in [1.29, 1.82) is 0 Å². The molecule has 0 aromatic heterocycles. The molecule has 1 aliphatic heterocycles. The third-order valence-corrected chi connectivity index (χ3v) is 4.14. The second-order valence-electron chi connectivity index (χ2n) is 5.94. The number of rotatable bonds is 2. The largest absolute Gasteiger partial charge is 0.486 e. The fourth-order valence-electron chi connectivity index (χ4n) is 2.93. The van der Waals surface area contributed by atoms with Crippen molar-refractivity contribution < 1.29 is 9.47 Å². The van der Waals surface area contributed by atoms with E-state index >= 15 is 0 Å². The highest BCUT2D eigenvalue weighted by molar-refractivity contribution is 5.55. The summed E-state index contributed by atoms with van der Waals surface area (Å²) in [5.41, 5.74) is 1.52. The van der Waals surface area contributed by atoms with Crippen molar-refractivity contribution in [3.63, 3.8) is 0 Å². The topological polar surface area (TPSA) is 30.5 Å². The third-order valence-electron chi connectivity index (χ3n) is 4.14.